The van der Waals surface area contributed by atoms with Crippen LogP contribution < -0.4 is 10.1 Å². The fraction of sp³-hybridized carbons (Fsp3) is 0.667. The highest BCUT2D eigenvalue weighted by Gasteiger charge is 2.17. The Morgan fingerprint density at radius 3 is 2.54 bits per heavy atom. The number of hydrogen-bond donors (Lipinski definition) is 1. The number of rotatable bonds is 8. The van der Waals surface area contributed by atoms with Gasteiger partial charge in [-0.3, -0.25) is 4.79 Å². The molecule has 1 aliphatic rings. The van der Waals surface area contributed by atoms with Gasteiger partial charge in [0.15, 0.2) is 0 Å². The molecule has 0 bridgehead atoms. The SMILES string of the molecule is CCOc1ccc(C(=O)NCC(C)CN2CCN(CC)CC2)cn1. The predicted molar refractivity (Wildman–Crippen MR) is 95.5 cm³/mol. The molecule has 0 radical (unpaired) electrons. The Morgan fingerprint density at radius 2 is 1.96 bits per heavy atom. The summed E-state index contributed by atoms with van der Waals surface area (Å²) in [5, 5.41) is 3.00. The van der Waals surface area contributed by atoms with Gasteiger partial charge >= 0.3 is 0 Å². The average molecular weight is 334 g/mol. The third kappa shape index (κ3) is 5.76. The summed E-state index contributed by atoms with van der Waals surface area (Å²) in [6, 6.07) is 3.48. The van der Waals surface area contributed by atoms with Crippen molar-refractivity contribution in [1.82, 2.24) is 20.1 Å². The van der Waals surface area contributed by atoms with E-state index >= 15 is 0 Å². The second-order valence-electron chi connectivity index (χ2n) is 6.37. The molecule has 2 heterocycles. The molecule has 0 saturated carbocycles. The van der Waals surface area contributed by atoms with Crippen molar-refractivity contribution in [2.45, 2.75) is 20.8 Å². The first-order valence-electron chi connectivity index (χ1n) is 8.94. The quantitative estimate of drug-likeness (QED) is 0.780. The van der Waals surface area contributed by atoms with E-state index in [1.54, 1.807) is 18.3 Å². The van der Waals surface area contributed by atoms with Crippen molar-refractivity contribution in [3.05, 3.63) is 23.9 Å². The first kappa shape index (κ1) is 18.7. The van der Waals surface area contributed by atoms with Gasteiger partial charge in [0, 0.05) is 51.5 Å². The highest BCUT2D eigenvalue weighted by Crippen LogP contribution is 2.08. The summed E-state index contributed by atoms with van der Waals surface area (Å²) in [7, 11) is 0. The van der Waals surface area contributed by atoms with Crippen molar-refractivity contribution >= 4 is 5.91 Å². The number of likely N-dealkylation sites (N-methyl/N-ethyl adjacent to an activating group) is 1. The van der Waals surface area contributed by atoms with Gasteiger partial charge < -0.3 is 19.9 Å². The van der Waals surface area contributed by atoms with Crippen molar-refractivity contribution in [3.63, 3.8) is 0 Å². The summed E-state index contributed by atoms with van der Waals surface area (Å²) in [5.74, 6) is 0.902. The van der Waals surface area contributed by atoms with Crippen LogP contribution in [0.4, 0.5) is 0 Å². The molecule has 1 saturated heterocycles. The van der Waals surface area contributed by atoms with E-state index in [1.807, 2.05) is 6.92 Å². The number of pyridine rings is 1. The predicted octanol–water partition coefficient (Wildman–Crippen LogP) is 1.48. The highest BCUT2D eigenvalue weighted by atomic mass is 16.5. The maximum Gasteiger partial charge on any atom is 0.252 e. The Balaban J connectivity index is 1.71. The maximum atomic E-state index is 12.2. The second-order valence-corrected chi connectivity index (χ2v) is 6.37. The Hall–Kier alpha value is -1.66. The van der Waals surface area contributed by atoms with Crippen LogP contribution in [0.25, 0.3) is 0 Å². The van der Waals surface area contributed by atoms with E-state index < -0.39 is 0 Å². The molecule has 1 aromatic rings. The van der Waals surface area contributed by atoms with Crippen molar-refractivity contribution < 1.29 is 9.53 Å². The fourth-order valence-electron chi connectivity index (χ4n) is 2.91. The van der Waals surface area contributed by atoms with Gasteiger partial charge in [-0.15, -0.1) is 0 Å². The molecule has 0 aromatic carbocycles. The highest BCUT2D eigenvalue weighted by molar-refractivity contribution is 5.93. The number of amides is 1. The molecule has 2 rings (SSSR count). The Kier molecular flexibility index (Phi) is 7.46. The van der Waals surface area contributed by atoms with Gasteiger partial charge in [-0.25, -0.2) is 4.98 Å². The average Bonchev–Trinajstić information content (AvgIpc) is 2.61. The molecular weight excluding hydrogens is 304 g/mol. The third-order valence-electron chi connectivity index (χ3n) is 4.38. The van der Waals surface area contributed by atoms with E-state index in [9.17, 15) is 4.79 Å². The van der Waals surface area contributed by atoms with Crippen molar-refractivity contribution in [3.8, 4) is 5.88 Å². The Morgan fingerprint density at radius 1 is 1.25 bits per heavy atom. The van der Waals surface area contributed by atoms with E-state index in [2.05, 4.69) is 33.9 Å². The number of nitrogens with one attached hydrogen (secondary N) is 1. The van der Waals surface area contributed by atoms with Crippen LogP contribution >= 0.6 is 0 Å². The van der Waals surface area contributed by atoms with Crippen molar-refractivity contribution in [1.29, 1.82) is 0 Å². The van der Waals surface area contributed by atoms with Gasteiger partial charge in [-0.1, -0.05) is 13.8 Å². The van der Waals surface area contributed by atoms with Crippen LogP contribution in [0.3, 0.4) is 0 Å². The minimum atomic E-state index is -0.0757. The summed E-state index contributed by atoms with van der Waals surface area (Å²) in [6.07, 6.45) is 1.56. The largest absolute Gasteiger partial charge is 0.478 e. The smallest absolute Gasteiger partial charge is 0.252 e. The van der Waals surface area contributed by atoms with E-state index in [1.165, 1.54) is 0 Å². The van der Waals surface area contributed by atoms with Crippen LogP contribution in [0.5, 0.6) is 5.88 Å². The summed E-state index contributed by atoms with van der Waals surface area (Å²) in [5.41, 5.74) is 0.571. The van der Waals surface area contributed by atoms with Crippen LogP contribution in [-0.4, -0.2) is 73.1 Å². The van der Waals surface area contributed by atoms with E-state index in [-0.39, 0.29) is 5.91 Å². The van der Waals surface area contributed by atoms with Crippen LogP contribution in [0.15, 0.2) is 18.3 Å². The number of aromatic nitrogens is 1. The molecule has 134 valence electrons. The fourth-order valence-corrected chi connectivity index (χ4v) is 2.91. The van der Waals surface area contributed by atoms with E-state index in [4.69, 9.17) is 4.74 Å². The summed E-state index contributed by atoms with van der Waals surface area (Å²) < 4.78 is 5.29. The first-order chi connectivity index (χ1) is 11.6. The number of ether oxygens (including phenoxy) is 1. The molecule has 6 nitrogen and oxygen atoms in total. The maximum absolute atomic E-state index is 12.2. The van der Waals surface area contributed by atoms with Gasteiger partial charge in [0.2, 0.25) is 5.88 Å². The van der Waals surface area contributed by atoms with Gasteiger partial charge in [-0.2, -0.15) is 0 Å². The number of hydrogen-bond acceptors (Lipinski definition) is 5. The monoisotopic (exact) mass is 334 g/mol. The van der Waals surface area contributed by atoms with Crippen LogP contribution in [0, 0.1) is 5.92 Å². The number of nitrogens with zero attached hydrogens (tertiary/aromatic N) is 3. The topological polar surface area (TPSA) is 57.7 Å². The Labute approximate surface area is 145 Å². The minimum Gasteiger partial charge on any atom is -0.478 e. The molecule has 1 aromatic heterocycles. The van der Waals surface area contributed by atoms with Gasteiger partial charge in [-0.05, 0) is 25.5 Å². The van der Waals surface area contributed by atoms with Gasteiger partial charge in [0.1, 0.15) is 0 Å². The lowest BCUT2D eigenvalue weighted by Gasteiger charge is -2.35. The van der Waals surface area contributed by atoms with E-state index in [0.717, 1.165) is 39.3 Å². The molecule has 1 aliphatic heterocycles. The number of carbonyl (C=O) groups excluding carboxylic acids is 1. The molecule has 1 atom stereocenters. The lowest BCUT2D eigenvalue weighted by molar-refractivity contribution is 0.0933. The summed E-state index contributed by atoms with van der Waals surface area (Å²) in [6.45, 7) is 14.3. The minimum absolute atomic E-state index is 0.0757. The number of carbonyl (C=O) groups is 1. The van der Waals surface area contributed by atoms with Gasteiger partial charge in [0.05, 0.1) is 12.2 Å². The molecule has 24 heavy (non-hydrogen) atoms. The lowest BCUT2D eigenvalue weighted by atomic mass is 10.1. The first-order valence-corrected chi connectivity index (χ1v) is 8.94. The van der Waals surface area contributed by atoms with Crippen LogP contribution in [0.2, 0.25) is 0 Å². The van der Waals surface area contributed by atoms with Gasteiger partial charge in [0.25, 0.3) is 5.91 Å². The van der Waals surface area contributed by atoms with Crippen LogP contribution in [-0.2, 0) is 0 Å². The molecular formula is C18H30N4O2. The van der Waals surface area contributed by atoms with Crippen LogP contribution in [0.1, 0.15) is 31.1 Å². The molecule has 0 aliphatic carbocycles. The molecule has 6 heteroatoms. The second kappa shape index (κ2) is 9.59. The molecule has 1 fully saturated rings. The zero-order chi connectivity index (χ0) is 17.4. The third-order valence-corrected chi connectivity index (χ3v) is 4.38. The standard InChI is InChI=1S/C18H30N4O2/c1-4-21-8-10-22(11-9-21)14-15(3)12-20-18(23)16-6-7-17(19-13-16)24-5-2/h6-7,13,15H,4-5,8-12,14H2,1-3H3,(H,20,23). The normalized spacial score (nSPS) is 17.5. The van der Waals surface area contributed by atoms with E-state index in [0.29, 0.717) is 30.5 Å². The molecule has 0 spiro atoms. The zero-order valence-corrected chi connectivity index (χ0v) is 15.1. The molecule has 1 N–H and O–H groups in total. The summed E-state index contributed by atoms with van der Waals surface area (Å²) in [4.78, 5) is 21.3. The number of piperazine rings is 1. The van der Waals surface area contributed by atoms with Crippen molar-refractivity contribution in [2.24, 2.45) is 5.92 Å². The summed E-state index contributed by atoms with van der Waals surface area (Å²) >= 11 is 0. The molecule has 1 amide bonds. The molecule has 1 unspecified atom stereocenters. The Bertz CT molecular complexity index is 498. The lowest BCUT2D eigenvalue weighted by Crippen LogP contribution is -2.48. The zero-order valence-electron chi connectivity index (χ0n) is 15.1. The van der Waals surface area contributed by atoms with Crippen molar-refractivity contribution in [2.75, 3.05) is 52.4 Å².